The lowest BCUT2D eigenvalue weighted by molar-refractivity contribution is -0.153. The number of carbonyl (C=O) groups excluding carboxylic acids is 1. The van der Waals surface area contributed by atoms with E-state index in [1.807, 2.05) is 0 Å². The van der Waals surface area contributed by atoms with Crippen LogP contribution in [0.15, 0.2) is 22.7 Å². The van der Waals surface area contributed by atoms with Crippen LogP contribution in [0.25, 0.3) is 0 Å². The van der Waals surface area contributed by atoms with E-state index in [9.17, 15) is 18.0 Å². The van der Waals surface area contributed by atoms with Crippen LogP contribution >= 0.6 is 0 Å². The Morgan fingerprint density at radius 3 is 2.65 bits per heavy atom. The van der Waals surface area contributed by atoms with E-state index in [0.29, 0.717) is 12.1 Å². The molecule has 6 nitrogen and oxygen atoms in total. The highest BCUT2D eigenvalue weighted by molar-refractivity contribution is 5.96. The van der Waals surface area contributed by atoms with Gasteiger partial charge in [0.2, 0.25) is 5.76 Å². The van der Waals surface area contributed by atoms with Crippen molar-refractivity contribution in [2.75, 3.05) is 26.2 Å². The number of ketones is 1. The molecule has 26 heavy (non-hydrogen) atoms. The number of aryl methyl sites for hydroxylation is 1. The second kappa shape index (κ2) is 7.55. The summed E-state index contributed by atoms with van der Waals surface area (Å²) in [4.78, 5) is 22.4. The number of nitrogens with zero attached hydrogens (tertiary/aromatic N) is 3. The minimum Gasteiger partial charge on any atom is -0.436 e. The number of hydrogen-bond donors (Lipinski definition) is 1. The van der Waals surface area contributed by atoms with Crippen LogP contribution in [0.1, 0.15) is 33.4 Å². The van der Waals surface area contributed by atoms with Gasteiger partial charge in [0.1, 0.15) is 0 Å². The van der Waals surface area contributed by atoms with Crippen LogP contribution in [-0.2, 0) is 19.1 Å². The molecule has 2 aromatic heterocycles. The van der Waals surface area contributed by atoms with Crippen molar-refractivity contribution < 1.29 is 22.4 Å². The van der Waals surface area contributed by atoms with E-state index in [1.165, 1.54) is 13.1 Å². The number of halogens is 3. The Morgan fingerprint density at radius 2 is 2.04 bits per heavy atom. The number of Topliss-reactive ketones (excluding diaryl/α,β-unsaturated/α-hetero) is 1. The number of nitrogens with one attached hydrogen (secondary N) is 1. The summed E-state index contributed by atoms with van der Waals surface area (Å²) in [6.45, 7) is 5.73. The van der Waals surface area contributed by atoms with Gasteiger partial charge in [0, 0.05) is 52.3 Å². The smallest absolute Gasteiger partial charge is 0.436 e. The average Bonchev–Trinajstić information content (AvgIpc) is 3.00. The van der Waals surface area contributed by atoms with Crippen LogP contribution in [0.5, 0.6) is 0 Å². The molecular weight excluding hydrogens is 349 g/mol. The van der Waals surface area contributed by atoms with Gasteiger partial charge >= 0.3 is 6.18 Å². The first-order valence-electron chi connectivity index (χ1n) is 8.27. The summed E-state index contributed by atoms with van der Waals surface area (Å²) in [5.74, 6) is -2.28. The predicted molar refractivity (Wildman–Crippen MR) is 86.7 cm³/mol. The van der Waals surface area contributed by atoms with Crippen LogP contribution in [0.4, 0.5) is 13.2 Å². The fourth-order valence-electron chi connectivity index (χ4n) is 2.83. The third-order valence-electron chi connectivity index (χ3n) is 4.10. The maximum atomic E-state index is 12.9. The fraction of sp³-hybridized carbons (Fsp3) is 0.471. The van der Waals surface area contributed by atoms with Gasteiger partial charge in [0.05, 0.1) is 5.69 Å². The lowest BCUT2D eigenvalue weighted by atomic mass is 10.1. The lowest BCUT2D eigenvalue weighted by Gasteiger charge is -2.26. The normalized spacial score (nSPS) is 16.0. The molecule has 3 heterocycles. The minimum absolute atomic E-state index is 0.190. The van der Waals surface area contributed by atoms with Gasteiger partial charge in [-0.25, -0.2) is 4.98 Å². The maximum Gasteiger partial charge on any atom is 0.452 e. The van der Waals surface area contributed by atoms with Crippen LogP contribution < -0.4 is 5.32 Å². The van der Waals surface area contributed by atoms with E-state index < -0.39 is 23.4 Å². The van der Waals surface area contributed by atoms with Gasteiger partial charge in [0.15, 0.2) is 17.4 Å². The molecule has 1 saturated heterocycles. The molecule has 1 aliphatic rings. The highest BCUT2D eigenvalue weighted by Crippen LogP contribution is 2.33. The predicted octanol–water partition coefficient (Wildman–Crippen LogP) is 2.23. The summed E-state index contributed by atoms with van der Waals surface area (Å²) in [5, 5.41) is 3.27. The van der Waals surface area contributed by atoms with Crippen molar-refractivity contribution in [3.63, 3.8) is 0 Å². The van der Waals surface area contributed by atoms with Crippen LogP contribution in [0, 0.1) is 6.92 Å². The zero-order chi connectivity index (χ0) is 18.7. The van der Waals surface area contributed by atoms with E-state index in [-0.39, 0.29) is 12.3 Å². The number of oxazole rings is 1. The van der Waals surface area contributed by atoms with Crippen molar-refractivity contribution in [3.8, 4) is 0 Å². The van der Waals surface area contributed by atoms with Crippen LogP contribution in [0.3, 0.4) is 0 Å². The van der Waals surface area contributed by atoms with E-state index in [0.717, 1.165) is 31.9 Å². The summed E-state index contributed by atoms with van der Waals surface area (Å²) in [7, 11) is 0. The fourth-order valence-corrected chi connectivity index (χ4v) is 2.83. The summed E-state index contributed by atoms with van der Waals surface area (Å²) >= 11 is 0. The first-order chi connectivity index (χ1) is 12.3. The van der Waals surface area contributed by atoms with Crippen LogP contribution in [-0.4, -0.2) is 46.8 Å². The van der Waals surface area contributed by atoms with Gasteiger partial charge in [-0.05, 0) is 11.6 Å². The molecule has 140 valence electrons. The molecular formula is C17H19F3N4O2. The van der Waals surface area contributed by atoms with Crippen molar-refractivity contribution in [1.29, 1.82) is 0 Å². The number of aromatic nitrogens is 2. The molecule has 0 atom stereocenters. The zero-order valence-electron chi connectivity index (χ0n) is 14.3. The molecule has 0 spiro atoms. The van der Waals surface area contributed by atoms with E-state index in [4.69, 9.17) is 0 Å². The molecule has 0 amide bonds. The number of pyridine rings is 1. The number of alkyl halides is 3. The van der Waals surface area contributed by atoms with E-state index >= 15 is 0 Å². The summed E-state index contributed by atoms with van der Waals surface area (Å²) < 4.78 is 43.3. The molecule has 1 N–H and O–H groups in total. The number of piperazine rings is 1. The summed E-state index contributed by atoms with van der Waals surface area (Å²) in [5.41, 5.74) is 0.712. The van der Waals surface area contributed by atoms with Gasteiger partial charge in [-0.15, -0.1) is 0 Å². The van der Waals surface area contributed by atoms with Gasteiger partial charge in [-0.3, -0.25) is 14.7 Å². The molecule has 0 saturated carbocycles. The highest BCUT2D eigenvalue weighted by Gasteiger charge is 2.41. The van der Waals surface area contributed by atoms with Crippen molar-refractivity contribution in [3.05, 3.63) is 46.9 Å². The Balaban J connectivity index is 1.66. The largest absolute Gasteiger partial charge is 0.452 e. The minimum atomic E-state index is -4.75. The van der Waals surface area contributed by atoms with E-state index in [2.05, 4.69) is 24.6 Å². The van der Waals surface area contributed by atoms with Crippen LogP contribution in [0.2, 0.25) is 0 Å². The Morgan fingerprint density at radius 1 is 1.31 bits per heavy atom. The monoisotopic (exact) mass is 368 g/mol. The quantitative estimate of drug-likeness (QED) is 0.816. The lowest BCUT2D eigenvalue weighted by Crippen LogP contribution is -2.43. The topological polar surface area (TPSA) is 71.3 Å². The molecule has 9 heteroatoms. The molecule has 1 fully saturated rings. The first kappa shape index (κ1) is 18.5. The third-order valence-corrected chi connectivity index (χ3v) is 4.10. The maximum absolute atomic E-state index is 12.9. The SMILES string of the molecule is Cc1nc(C(=O)Cc2ccc(CN3CCNCC3)nc2)c(C(F)(F)F)o1. The van der Waals surface area contributed by atoms with Crippen molar-refractivity contribution in [2.24, 2.45) is 0 Å². The van der Waals surface area contributed by atoms with Gasteiger partial charge < -0.3 is 9.73 Å². The van der Waals surface area contributed by atoms with Gasteiger partial charge in [0.25, 0.3) is 0 Å². The first-order valence-corrected chi connectivity index (χ1v) is 8.27. The third kappa shape index (κ3) is 4.47. The molecule has 0 unspecified atom stereocenters. The molecule has 0 aliphatic carbocycles. The van der Waals surface area contributed by atoms with Crippen molar-refractivity contribution in [1.82, 2.24) is 20.2 Å². The highest BCUT2D eigenvalue weighted by atomic mass is 19.4. The van der Waals surface area contributed by atoms with Crippen molar-refractivity contribution in [2.45, 2.75) is 26.1 Å². The Bertz CT molecular complexity index is 765. The summed E-state index contributed by atoms with van der Waals surface area (Å²) in [6.07, 6.45) is -3.44. The molecule has 0 bridgehead atoms. The average molecular weight is 368 g/mol. The second-order valence-electron chi connectivity index (χ2n) is 6.19. The van der Waals surface area contributed by atoms with Crippen molar-refractivity contribution >= 4 is 5.78 Å². The summed E-state index contributed by atoms with van der Waals surface area (Å²) in [6, 6.07) is 3.51. The van der Waals surface area contributed by atoms with Gasteiger partial charge in [-0.1, -0.05) is 6.07 Å². The molecule has 0 aromatic carbocycles. The molecule has 1 aliphatic heterocycles. The van der Waals surface area contributed by atoms with Gasteiger partial charge in [-0.2, -0.15) is 13.2 Å². The Kier molecular flexibility index (Phi) is 5.38. The molecule has 2 aromatic rings. The number of rotatable bonds is 5. The second-order valence-corrected chi connectivity index (χ2v) is 6.19. The number of carbonyl (C=O) groups is 1. The number of hydrogen-bond acceptors (Lipinski definition) is 6. The van der Waals surface area contributed by atoms with E-state index in [1.54, 1.807) is 12.1 Å². The Hall–Kier alpha value is -2.26. The molecule has 3 rings (SSSR count). The molecule has 0 radical (unpaired) electrons. The standard InChI is InChI=1S/C17H19F3N4O2/c1-11-23-15(16(26-11)17(18,19)20)14(25)8-12-2-3-13(22-9-12)10-24-6-4-21-5-7-24/h2-3,9,21H,4-8,10H2,1H3. The zero-order valence-corrected chi connectivity index (χ0v) is 14.3. The Labute approximate surface area is 148 Å².